The Bertz CT molecular complexity index is 1100. The molecule has 27 heavy (non-hydrogen) atoms. The SMILES string of the molecule is CNCCC1C(=O)c2cncn3c4c(c(c23)C1=O)C1=C(CC4)C(=O)C=CC1. The van der Waals surface area contributed by atoms with Crippen LogP contribution in [0.1, 0.15) is 51.2 Å². The summed E-state index contributed by atoms with van der Waals surface area (Å²) < 4.78 is 1.90. The van der Waals surface area contributed by atoms with E-state index in [0.717, 1.165) is 22.4 Å². The number of aryl methyl sites for hydroxylation is 1. The Morgan fingerprint density at radius 2 is 2.00 bits per heavy atom. The first-order chi connectivity index (χ1) is 13.1. The van der Waals surface area contributed by atoms with Crippen LogP contribution in [0.3, 0.4) is 0 Å². The molecule has 6 heteroatoms. The van der Waals surface area contributed by atoms with Crippen molar-refractivity contribution in [2.75, 3.05) is 13.6 Å². The monoisotopic (exact) mass is 361 g/mol. The molecule has 0 saturated carbocycles. The second-order valence-corrected chi connectivity index (χ2v) is 7.32. The predicted molar refractivity (Wildman–Crippen MR) is 99.9 cm³/mol. The Hall–Kier alpha value is -2.86. The van der Waals surface area contributed by atoms with E-state index < -0.39 is 5.92 Å². The van der Waals surface area contributed by atoms with E-state index in [0.29, 0.717) is 48.9 Å². The molecule has 3 aliphatic carbocycles. The van der Waals surface area contributed by atoms with Crippen molar-refractivity contribution < 1.29 is 14.4 Å². The van der Waals surface area contributed by atoms with Gasteiger partial charge in [-0.15, -0.1) is 0 Å². The normalized spacial score (nSPS) is 21.1. The summed E-state index contributed by atoms with van der Waals surface area (Å²) in [6.45, 7) is 0.589. The zero-order valence-electron chi connectivity index (χ0n) is 15.0. The number of ketones is 3. The summed E-state index contributed by atoms with van der Waals surface area (Å²) in [5.74, 6) is -0.924. The molecule has 2 aromatic heterocycles. The third kappa shape index (κ3) is 2.10. The Morgan fingerprint density at radius 1 is 1.15 bits per heavy atom. The Kier molecular flexibility index (Phi) is 3.52. The van der Waals surface area contributed by atoms with Crippen molar-refractivity contribution in [3.8, 4) is 0 Å². The lowest BCUT2D eigenvalue weighted by Gasteiger charge is -2.24. The van der Waals surface area contributed by atoms with Gasteiger partial charge in [-0.1, -0.05) is 6.08 Å². The fourth-order valence-corrected chi connectivity index (χ4v) is 4.72. The van der Waals surface area contributed by atoms with Crippen molar-refractivity contribution in [3.05, 3.63) is 52.6 Å². The average Bonchev–Trinajstić information content (AvgIpc) is 3.02. The van der Waals surface area contributed by atoms with Crippen molar-refractivity contribution in [3.63, 3.8) is 0 Å². The average molecular weight is 361 g/mol. The summed E-state index contributed by atoms with van der Waals surface area (Å²) >= 11 is 0. The van der Waals surface area contributed by atoms with Gasteiger partial charge in [0.25, 0.3) is 0 Å². The summed E-state index contributed by atoms with van der Waals surface area (Å²) in [6, 6.07) is 0. The lowest BCUT2D eigenvalue weighted by Crippen LogP contribution is -2.32. The maximum atomic E-state index is 13.4. The lowest BCUT2D eigenvalue weighted by molar-refractivity contribution is -0.111. The van der Waals surface area contributed by atoms with Crippen LogP contribution < -0.4 is 5.32 Å². The number of fused-ring (bicyclic) bond motifs is 4. The Morgan fingerprint density at radius 3 is 2.81 bits per heavy atom. The van der Waals surface area contributed by atoms with E-state index in [-0.39, 0.29) is 17.3 Å². The minimum absolute atomic E-state index is 0.0359. The van der Waals surface area contributed by atoms with Crippen molar-refractivity contribution in [2.45, 2.75) is 25.7 Å². The summed E-state index contributed by atoms with van der Waals surface area (Å²) in [4.78, 5) is 43.0. The van der Waals surface area contributed by atoms with Gasteiger partial charge in [-0.2, -0.15) is 0 Å². The number of nitrogens with zero attached hydrogens (tertiary/aromatic N) is 2. The van der Waals surface area contributed by atoms with Crippen molar-refractivity contribution in [2.24, 2.45) is 5.92 Å². The summed E-state index contributed by atoms with van der Waals surface area (Å²) in [5, 5.41) is 3.02. The van der Waals surface area contributed by atoms with Crippen LogP contribution in [0, 0.1) is 5.92 Å². The molecule has 0 aromatic carbocycles. The van der Waals surface area contributed by atoms with Gasteiger partial charge < -0.3 is 9.72 Å². The second kappa shape index (κ2) is 5.82. The number of carbonyl (C=O) groups excluding carboxylic acids is 3. The number of carbonyl (C=O) groups is 3. The highest BCUT2D eigenvalue weighted by molar-refractivity contribution is 6.28. The van der Waals surface area contributed by atoms with E-state index in [9.17, 15) is 14.4 Å². The molecule has 2 heterocycles. The van der Waals surface area contributed by atoms with Gasteiger partial charge in [-0.25, -0.2) is 4.98 Å². The van der Waals surface area contributed by atoms with Gasteiger partial charge in [0.05, 0.1) is 28.9 Å². The Labute approximate surface area is 156 Å². The first-order valence-corrected chi connectivity index (χ1v) is 9.30. The molecule has 136 valence electrons. The van der Waals surface area contributed by atoms with E-state index >= 15 is 0 Å². The number of hydrogen-bond donors (Lipinski definition) is 1. The molecule has 0 fully saturated rings. The molecule has 2 aromatic rings. The molecule has 0 radical (unpaired) electrons. The first kappa shape index (κ1) is 16.3. The lowest BCUT2D eigenvalue weighted by atomic mass is 9.76. The second-order valence-electron chi connectivity index (χ2n) is 7.32. The molecule has 1 atom stereocenters. The molecule has 0 saturated heterocycles. The third-order valence-corrected chi connectivity index (χ3v) is 5.94. The van der Waals surface area contributed by atoms with E-state index in [4.69, 9.17) is 0 Å². The molecule has 0 aliphatic heterocycles. The van der Waals surface area contributed by atoms with Crippen LogP contribution in [0.2, 0.25) is 0 Å². The maximum absolute atomic E-state index is 13.4. The van der Waals surface area contributed by atoms with Gasteiger partial charge in [0.2, 0.25) is 0 Å². The van der Waals surface area contributed by atoms with Crippen molar-refractivity contribution >= 4 is 28.4 Å². The molecule has 0 amide bonds. The molecular formula is C21H19N3O3. The summed E-state index contributed by atoms with van der Waals surface area (Å²) in [7, 11) is 1.81. The van der Waals surface area contributed by atoms with Gasteiger partial charge >= 0.3 is 0 Å². The minimum Gasteiger partial charge on any atom is -0.320 e. The first-order valence-electron chi connectivity index (χ1n) is 9.30. The fraction of sp³-hybridized carbons (Fsp3) is 0.333. The molecular weight excluding hydrogens is 342 g/mol. The standard InChI is InChI=1S/C21H19N3O3/c1-22-8-7-13-20(26)14-9-23-10-24-15-6-5-11-12(3-2-4-16(11)25)17(15)18(19(14)24)21(13)27/h2,4,9-10,13,22H,3,5-8H2,1H3. The van der Waals surface area contributed by atoms with Crippen LogP contribution in [0.25, 0.3) is 11.1 Å². The third-order valence-electron chi connectivity index (χ3n) is 5.94. The minimum atomic E-state index is -0.690. The van der Waals surface area contributed by atoms with Crippen molar-refractivity contribution in [1.82, 2.24) is 14.7 Å². The number of Topliss-reactive ketones (excluding diaryl/α,β-unsaturated/α-hetero) is 2. The van der Waals surface area contributed by atoms with Crippen LogP contribution in [0.15, 0.2) is 30.2 Å². The van der Waals surface area contributed by atoms with E-state index in [2.05, 4.69) is 10.3 Å². The summed E-state index contributed by atoms with van der Waals surface area (Å²) in [5.41, 5.74) is 5.41. The molecule has 1 unspecified atom stereocenters. The maximum Gasteiger partial charge on any atom is 0.181 e. The highest BCUT2D eigenvalue weighted by Crippen LogP contribution is 2.44. The van der Waals surface area contributed by atoms with Gasteiger partial charge in [-0.3, -0.25) is 14.4 Å². The Balaban J connectivity index is 1.81. The van der Waals surface area contributed by atoms with Gasteiger partial charge in [0, 0.05) is 23.0 Å². The van der Waals surface area contributed by atoms with Gasteiger partial charge in [0.15, 0.2) is 17.3 Å². The fourth-order valence-electron chi connectivity index (χ4n) is 4.72. The molecule has 3 aliphatic rings. The topological polar surface area (TPSA) is 80.5 Å². The van der Waals surface area contributed by atoms with E-state index in [1.807, 2.05) is 17.5 Å². The zero-order valence-corrected chi connectivity index (χ0v) is 15.0. The zero-order chi connectivity index (χ0) is 18.7. The highest BCUT2D eigenvalue weighted by atomic mass is 16.2. The number of aromatic nitrogens is 2. The largest absolute Gasteiger partial charge is 0.320 e. The summed E-state index contributed by atoms with van der Waals surface area (Å²) in [6.07, 6.45) is 9.17. The van der Waals surface area contributed by atoms with Gasteiger partial charge in [0.1, 0.15) is 0 Å². The molecule has 0 spiro atoms. The quantitative estimate of drug-likeness (QED) is 0.848. The van der Waals surface area contributed by atoms with Crippen LogP contribution in [0.4, 0.5) is 0 Å². The van der Waals surface area contributed by atoms with E-state index in [1.54, 1.807) is 18.6 Å². The highest BCUT2D eigenvalue weighted by Gasteiger charge is 2.42. The molecule has 5 rings (SSSR count). The number of nitrogens with one attached hydrogen (secondary N) is 1. The van der Waals surface area contributed by atoms with Crippen LogP contribution in [0.5, 0.6) is 0 Å². The predicted octanol–water partition coefficient (Wildman–Crippen LogP) is 2.17. The van der Waals surface area contributed by atoms with Crippen molar-refractivity contribution in [1.29, 1.82) is 0 Å². The number of allylic oxidation sites excluding steroid dienone is 4. The van der Waals surface area contributed by atoms with Crippen LogP contribution >= 0.6 is 0 Å². The smallest absolute Gasteiger partial charge is 0.181 e. The molecule has 0 bridgehead atoms. The van der Waals surface area contributed by atoms with Crippen LogP contribution in [-0.2, 0) is 11.2 Å². The molecule has 1 N–H and O–H groups in total. The number of hydrogen-bond acceptors (Lipinski definition) is 5. The molecule has 6 nitrogen and oxygen atoms in total. The van der Waals surface area contributed by atoms with Crippen LogP contribution in [-0.4, -0.2) is 40.3 Å². The van der Waals surface area contributed by atoms with E-state index in [1.165, 1.54) is 0 Å². The van der Waals surface area contributed by atoms with Gasteiger partial charge in [-0.05, 0) is 50.9 Å². The number of rotatable bonds is 3.